The molecule has 16 heavy (non-hydrogen) atoms. The lowest BCUT2D eigenvalue weighted by molar-refractivity contribution is 0.189. The van der Waals surface area contributed by atoms with Crippen LogP contribution in [-0.2, 0) is 0 Å². The maximum absolute atomic E-state index is 5.89. The monoisotopic (exact) mass is 221 g/mol. The van der Waals surface area contributed by atoms with Crippen molar-refractivity contribution in [2.24, 2.45) is 11.7 Å². The van der Waals surface area contributed by atoms with Gasteiger partial charge in [-0.3, -0.25) is 9.88 Å². The first-order valence-electron chi connectivity index (χ1n) is 6.03. The molecule has 1 unspecified atom stereocenters. The summed E-state index contributed by atoms with van der Waals surface area (Å²) < 4.78 is 0. The van der Waals surface area contributed by atoms with Gasteiger partial charge >= 0.3 is 0 Å². The van der Waals surface area contributed by atoms with Crippen LogP contribution >= 0.6 is 0 Å². The molecule has 2 N–H and O–H groups in total. The Hall–Kier alpha value is -0.930. The lowest BCUT2D eigenvalue weighted by Gasteiger charge is -2.31. The van der Waals surface area contributed by atoms with Crippen molar-refractivity contribution < 1.29 is 0 Å². The van der Waals surface area contributed by atoms with Gasteiger partial charge in [-0.25, -0.2) is 0 Å². The number of hydrogen-bond donors (Lipinski definition) is 1. The summed E-state index contributed by atoms with van der Waals surface area (Å²) in [6.07, 6.45) is 3.72. The van der Waals surface area contributed by atoms with Gasteiger partial charge in [0.2, 0.25) is 0 Å². The van der Waals surface area contributed by atoms with E-state index in [1.54, 1.807) is 6.20 Å². The molecule has 1 aromatic rings. The molecule has 0 bridgehead atoms. The normalized spacial score (nSPS) is 13.4. The number of pyridine rings is 1. The molecule has 1 atom stereocenters. The third kappa shape index (κ3) is 3.58. The molecule has 0 aromatic carbocycles. The third-order valence-corrected chi connectivity index (χ3v) is 2.74. The predicted molar refractivity (Wildman–Crippen MR) is 68.1 cm³/mol. The largest absolute Gasteiger partial charge is 0.329 e. The smallest absolute Gasteiger partial charge is 0.0485 e. The van der Waals surface area contributed by atoms with Crippen LogP contribution in [0.5, 0.6) is 0 Å². The molecular weight excluding hydrogens is 198 g/mol. The molecule has 0 aliphatic carbocycles. The van der Waals surface area contributed by atoms with Gasteiger partial charge in [0.25, 0.3) is 0 Å². The lowest BCUT2D eigenvalue weighted by Crippen LogP contribution is -2.36. The van der Waals surface area contributed by atoms with Crippen LogP contribution in [0.2, 0.25) is 0 Å². The van der Waals surface area contributed by atoms with Crippen LogP contribution in [-0.4, -0.2) is 29.5 Å². The quantitative estimate of drug-likeness (QED) is 0.799. The number of likely N-dealkylation sites (N-methyl/N-ethyl adjacent to an activating group) is 1. The molecule has 0 spiro atoms. The van der Waals surface area contributed by atoms with Crippen LogP contribution in [0.4, 0.5) is 0 Å². The Bertz CT molecular complexity index is 284. The fraction of sp³-hybridized carbons (Fsp3) is 0.615. The zero-order valence-corrected chi connectivity index (χ0v) is 10.6. The first kappa shape index (κ1) is 13.1. The van der Waals surface area contributed by atoms with Crippen molar-refractivity contribution in [3.63, 3.8) is 0 Å². The zero-order valence-electron chi connectivity index (χ0n) is 10.6. The van der Waals surface area contributed by atoms with Gasteiger partial charge in [0.15, 0.2) is 0 Å². The molecule has 0 aliphatic heterocycles. The molecule has 1 rings (SSSR count). The van der Waals surface area contributed by atoms with E-state index in [0.29, 0.717) is 18.5 Å². The van der Waals surface area contributed by atoms with E-state index in [-0.39, 0.29) is 0 Å². The van der Waals surface area contributed by atoms with Gasteiger partial charge in [-0.15, -0.1) is 0 Å². The molecule has 90 valence electrons. The van der Waals surface area contributed by atoms with Crippen LogP contribution in [0.3, 0.4) is 0 Å². The summed E-state index contributed by atoms with van der Waals surface area (Å²) in [5.74, 6) is 0.658. The Labute approximate surface area is 98.7 Å². The van der Waals surface area contributed by atoms with E-state index >= 15 is 0 Å². The van der Waals surface area contributed by atoms with Gasteiger partial charge in [0, 0.05) is 31.5 Å². The summed E-state index contributed by atoms with van der Waals surface area (Å²) in [4.78, 5) is 6.59. The Morgan fingerprint density at radius 2 is 2.19 bits per heavy atom. The van der Waals surface area contributed by atoms with E-state index in [4.69, 9.17) is 5.73 Å². The van der Waals surface area contributed by atoms with Gasteiger partial charge in [-0.05, 0) is 24.1 Å². The number of hydrogen-bond acceptors (Lipinski definition) is 3. The second-order valence-electron chi connectivity index (χ2n) is 4.52. The topological polar surface area (TPSA) is 42.1 Å². The van der Waals surface area contributed by atoms with Crippen LogP contribution in [0.15, 0.2) is 24.5 Å². The maximum Gasteiger partial charge on any atom is 0.0485 e. The van der Waals surface area contributed by atoms with E-state index in [1.807, 2.05) is 12.3 Å². The molecule has 0 saturated heterocycles. The van der Waals surface area contributed by atoms with Crippen molar-refractivity contribution in [2.45, 2.75) is 26.8 Å². The van der Waals surface area contributed by atoms with Crippen LogP contribution < -0.4 is 5.73 Å². The van der Waals surface area contributed by atoms with Crippen molar-refractivity contribution in [3.05, 3.63) is 30.1 Å². The summed E-state index contributed by atoms with van der Waals surface area (Å²) >= 11 is 0. The molecular formula is C13H23N3. The van der Waals surface area contributed by atoms with Crippen molar-refractivity contribution >= 4 is 0 Å². The van der Waals surface area contributed by atoms with Crippen molar-refractivity contribution in [1.82, 2.24) is 9.88 Å². The Balaban J connectivity index is 2.79. The molecule has 0 radical (unpaired) electrons. The van der Waals surface area contributed by atoms with Crippen molar-refractivity contribution in [3.8, 4) is 0 Å². The summed E-state index contributed by atoms with van der Waals surface area (Å²) in [6.45, 7) is 9.40. The Morgan fingerprint density at radius 1 is 1.44 bits per heavy atom. The average molecular weight is 221 g/mol. The summed E-state index contributed by atoms with van der Waals surface area (Å²) in [5, 5.41) is 0. The number of nitrogens with two attached hydrogens (primary N) is 1. The third-order valence-electron chi connectivity index (χ3n) is 2.74. The molecule has 3 heteroatoms. The maximum atomic E-state index is 5.89. The second-order valence-corrected chi connectivity index (χ2v) is 4.52. The molecule has 1 heterocycles. The zero-order chi connectivity index (χ0) is 12.0. The fourth-order valence-corrected chi connectivity index (χ4v) is 2.01. The van der Waals surface area contributed by atoms with E-state index in [1.165, 1.54) is 5.56 Å². The summed E-state index contributed by atoms with van der Waals surface area (Å²) in [7, 11) is 0. The number of rotatable bonds is 6. The Kier molecular flexibility index (Phi) is 5.43. The highest BCUT2D eigenvalue weighted by Crippen LogP contribution is 2.19. The SMILES string of the molecule is CCN(CC(C)C)C(CN)c1cccnc1. The summed E-state index contributed by atoms with van der Waals surface area (Å²) in [5.41, 5.74) is 7.10. The highest BCUT2D eigenvalue weighted by atomic mass is 15.2. The lowest BCUT2D eigenvalue weighted by atomic mass is 10.1. The van der Waals surface area contributed by atoms with Crippen LogP contribution in [0.25, 0.3) is 0 Å². The molecule has 0 fully saturated rings. The van der Waals surface area contributed by atoms with Crippen molar-refractivity contribution in [1.29, 1.82) is 0 Å². The van der Waals surface area contributed by atoms with Crippen molar-refractivity contribution in [2.75, 3.05) is 19.6 Å². The Morgan fingerprint density at radius 3 is 2.62 bits per heavy atom. The molecule has 0 amide bonds. The van der Waals surface area contributed by atoms with E-state index < -0.39 is 0 Å². The summed E-state index contributed by atoms with van der Waals surface area (Å²) in [6, 6.07) is 4.37. The predicted octanol–water partition coefficient (Wildman–Crippen LogP) is 2.06. The molecule has 1 aromatic heterocycles. The van der Waals surface area contributed by atoms with E-state index in [2.05, 4.69) is 36.7 Å². The van der Waals surface area contributed by atoms with Gasteiger partial charge in [-0.1, -0.05) is 26.8 Å². The van der Waals surface area contributed by atoms with Gasteiger partial charge in [-0.2, -0.15) is 0 Å². The molecule has 0 aliphatic rings. The second kappa shape index (κ2) is 6.61. The fourth-order valence-electron chi connectivity index (χ4n) is 2.01. The number of aromatic nitrogens is 1. The molecule has 3 nitrogen and oxygen atoms in total. The number of nitrogens with zero attached hydrogens (tertiary/aromatic N) is 2. The van der Waals surface area contributed by atoms with E-state index in [9.17, 15) is 0 Å². The first-order chi connectivity index (χ1) is 7.69. The highest BCUT2D eigenvalue weighted by molar-refractivity contribution is 5.14. The van der Waals surface area contributed by atoms with Gasteiger partial charge in [0.1, 0.15) is 0 Å². The minimum atomic E-state index is 0.293. The van der Waals surface area contributed by atoms with Crippen LogP contribution in [0, 0.1) is 5.92 Å². The minimum absolute atomic E-state index is 0.293. The standard InChI is InChI=1S/C13H23N3/c1-4-16(10-11(2)3)13(8-14)12-6-5-7-15-9-12/h5-7,9,11,13H,4,8,10,14H2,1-3H3. The first-order valence-corrected chi connectivity index (χ1v) is 6.03. The van der Waals surface area contributed by atoms with Gasteiger partial charge in [0.05, 0.1) is 0 Å². The van der Waals surface area contributed by atoms with Gasteiger partial charge < -0.3 is 5.73 Å². The highest BCUT2D eigenvalue weighted by Gasteiger charge is 2.18. The molecule has 0 saturated carbocycles. The minimum Gasteiger partial charge on any atom is -0.329 e. The van der Waals surface area contributed by atoms with E-state index in [0.717, 1.165) is 13.1 Å². The van der Waals surface area contributed by atoms with Crippen LogP contribution in [0.1, 0.15) is 32.4 Å². The average Bonchev–Trinajstić information content (AvgIpc) is 2.29.